The van der Waals surface area contributed by atoms with Crippen LogP contribution < -0.4 is 27.4 Å². The fourth-order valence-electron chi connectivity index (χ4n) is 3.50. The van der Waals surface area contributed by atoms with Gasteiger partial charge in [0, 0.05) is 32.1 Å². The zero-order valence-electron chi connectivity index (χ0n) is 23.2. The van der Waals surface area contributed by atoms with Crippen LogP contribution in [0.5, 0.6) is 0 Å². The molecule has 1 unspecified atom stereocenters. The van der Waals surface area contributed by atoms with Gasteiger partial charge in [0.15, 0.2) is 5.78 Å². The van der Waals surface area contributed by atoms with E-state index in [1.165, 1.54) is 0 Å². The highest BCUT2D eigenvalue weighted by molar-refractivity contribution is 5.92. The number of hydrogen-bond donors (Lipinski definition) is 6. The Labute approximate surface area is 221 Å². The summed E-state index contributed by atoms with van der Waals surface area (Å²) >= 11 is 0. The minimum atomic E-state index is -0.979. The van der Waals surface area contributed by atoms with Gasteiger partial charge in [0.1, 0.15) is 0 Å². The number of carbonyl (C=O) groups excluding carboxylic acids is 2. The molecule has 218 valence electrons. The molecule has 0 spiro atoms. The average molecular weight is 534 g/mol. The Bertz CT molecular complexity index is 635. The van der Waals surface area contributed by atoms with Crippen LogP contribution in [0.15, 0.2) is 0 Å². The highest BCUT2D eigenvalue weighted by atomic mass is 16.5. The molecular formula is C25H51N5O7. The molecule has 0 radical (unpaired) electrons. The van der Waals surface area contributed by atoms with Crippen LogP contribution in [0.1, 0.15) is 59.8 Å². The van der Waals surface area contributed by atoms with Crippen LogP contribution in [-0.2, 0) is 28.6 Å². The van der Waals surface area contributed by atoms with Gasteiger partial charge in [-0.2, -0.15) is 0 Å². The highest BCUT2D eigenvalue weighted by Crippen LogP contribution is 2.13. The van der Waals surface area contributed by atoms with E-state index in [1.54, 1.807) is 0 Å². The maximum atomic E-state index is 13.3. The second-order valence-electron chi connectivity index (χ2n) is 9.74. The molecule has 8 N–H and O–H groups in total. The SMILES string of the molecule is CC(C)NC(CCCCNC(=O)[C@@H](N)CCC(=O)O)C(=O)C(C)(C)NCCOCCOCCOCCN. The largest absolute Gasteiger partial charge is 0.481 e. The first-order valence-electron chi connectivity index (χ1n) is 13.2. The second-order valence-corrected chi connectivity index (χ2v) is 9.74. The van der Waals surface area contributed by atoms with Gasteiger partial charge in [-0.05, 0) is 39.5 Å². The summed E-state index contributed by atoms with van der Waals surface area (Å²) in [5.74, 6) is -1.26. The fraction of sp³-hybridized carbons (Fsp3) is 0.880. The number of nitrogens with two attached hydrogens (primary N) is 2. The van der Waals surface area contributed by atoms with Gasteiger partial charge in [-0.15, -0.1) is 0 Å². The van der Waals surface area contributed by atoms with E-state index >= 15 is 0 Å². The van der Waals surface area contributed by atoms with Crippen molar-refractivity contribution in [1.82, 2.24) is 16.0 Å². The Morgan fingerprint density at radius 1 is 0.892 bits per heavy atom. The summed E-state index contributed by atoms with van der Waals surface area (Å²) in [4.78, 5) is 35.8. The van der Waals surface area contributed by atoms with Crippen LogP contribution >= 0.6 is 0 Å². The number of carboxylic acids is 1. The molecule has 12 heteroatoms. The average Bonchev–Trinajstić information content (AvgIpc) is 2.83. The monoisotopic (exact) mass is 533 g/mol. The maximum absolute atomic E-state index is 13.3. The van der Waals surface area contributed by atoms with Crippen molar-refractivity contribution >= 4 is 17.7 Å². The van der Waals surface area contributed by atoms with Crippen molar-refractivity contribution in [3.63, 3.8) is 0 Å². The predicted octanol–water partition coefficient (Wildman–Crippen LogP) is -0.223. The van der Waals surface area contributed by atoms with E-state index in [-0.39, 0.29) is 36.6 Å². The van der Waals surface area contributed by atoms with Gasteiger partial charge in [0.2, 0.25) is 5.91 Å². The summed E-state index contributed by atoms with van der Waals surface area (Å²) in [5.41, 5.74) is 10.3. The van der Waals surface area contributed by atoms with Gasteiger partial charge in [-0.1, -0.05) is 13.8 Å². The van der Waals surface area contributed by atoms with Gasteiger partial charge in [-0.3, -0.25) is 14.4 Å². The molecule has 0 rings (SSSR count). The third-order valence-corrected chi connectivity index (χ3v) is 5.51. The Balaban J connectivity index is 4.28. The van der Waals surface area contributed by atoms with E-state index in [1.807, 2.05) is 27.7 Å². The van der Waals surface area contributed by atoms with E-state index < -0.39 is 17.6 Å². The van der Waals surface area contributed by atoms with E-state index in [0.717, 1.165) is 6.42 Å². The third kappa shape index (κ3) is 19.1. The molecule has 0 fully saturated rings. The predicted molar refractivity (Wildman–Crippen MR) is 142 cm³/mol. The van der Waals surface area contributed by atoms with Gasteiger partial charge >= 0.3 is 5.97 Å². The van der Waals surface area contributed by atoms with Crippen molar-refractivity contribution in [1.29, 1.82) is 0 Å². The Morgan fingerprint density at radius 2 is 1.49 bits per heavy atom. The first-order valence-corrected chi connectivity index (χ1v) is 13.2. The molecule has 0 saturated carbocycles. The van der Waals surface area contributed by atoms with Crippen molar-refractivity contribution in [2.24, 2.45) is 11.5 Å². The summed E-state index contributed by atoms with van der Waals surface area (Å²) in [6.45, 7) is 12.1. The molecule has 12 nitrogen and oxygen atoms in total. The van der Waals surface area contributed by atoms with E-state index in [9.17, 15) is 14.4 Å². The quantitative estimate of drug-likeness (QED) is 0.0851. The summed E-state index contributed by atoms with van der Waals surface area (Å²) in [5, 5.41) is 18.1. The molecule has 0 aliphatic heterocycles. The number of Topliss-reactive ketones (excluding diaryl/α,β-unsaturated/α-hetero) is 1. The summed E-state index contributed by atoms with van der Waals surface area (Å²) in [6.07, 6.45) is 2.00. The van der Waals surface area contributed by atoms with E-state index in [2.05, 4.69) is 16.0 Å². The molecule has 0 bridgehead atoms. The van der Waals surface area contributed by atoms with E-state index in [4.69, 9.17) is 30.8 Å². The fourth-order valence-corrected chi connectivity index (χ4v) is 3.50. The zero-order chi connectivity index (χ0) is 28.1. The van der Waals surface area contributed by atoms with Crippen LogP contribution in [0.3, 0.4) is 0 Å². The van der Waals surface area contributed by atoms with Crippen LogP contribution in [0.2, 0.25) is 0 Å². The van der Waals surface area contributed by atoms with Gasteiger partial charge < -0.3 is 46.7 Å². The van der Waals surface area contributed by atoms with E-state index in [0.29, 0.717) is 72.1 Å². The number of rotatable bonds is 25. The minimum absolute atomic E-state index is 0.0711. The topological polar surface area (TPSA) is 187 Å². The van der Waals surface area contributed by atoms with Crippen LogP contribution in [0.25, 0.3) is 0 Å². The number of carbonyl (C=O) groups is 3. The summed E-state index contributed by atoms with van der Waals surface area (Å²) in [7, 11) is 0. The van der Waals surface area contributed by atoms with Gasteiger partial charge in [0.25, 0.3) is 0 Å². The molecular weight excluding hydrogens is 482 g/mol. The molecule has 0 heterocycles. The first-order chi connectivity index (χ1) is 17.5. The molecule has 0 aliphatic carbocycles. The number of ether oxygens (including phenoxy) is 3. The standard InChI is InChI=1S/C25H51N5O7/c1-19(2)30-21(7-5-6-11-28-24(34)20(27)8-9-22(31)32)23(33)25(3,4)29-12-14-36-16-18-37-17-15-35-13-10-26/h19-21,29-30H,5-18,26-27H2,1-4H3,(H,28,34)(H,31,32)/t20-,21?/m0/s1. The summed E-state index contributed by atoms with van der Waals surface area (Å²) < 4.78 is 16.2. The first kappa shape index (κ1) is 35.3. The van der Waals surface area contributed by atoms with Crippen molar-refractivity contribution in [2.45, 2.75) is 83.5 Å². The van der Waals surface area contributed by atoms with Crippen molar-refractivity contribution in [2.75, 3.05) is 59.3 Å². The molecule has 0 aliphatic rings. The molecule has 2 atom stereocenters. The molecule has 1 amide bonds. The molecule has 0 aromatic carbocycles. The number of unbranched alkanes of at least 4 members (excludes halogenated alkanes) is 1. The molecule has 0 aromatic rings. The zero-order valence-corrected chi connectivity index (χ0v) is 23.2. The lowest BCUT2D eigenvalue weighted by Crippen LogP contribution is -2.56. The van der Waals surface area contributed by atoms with Crippen LogP contribution in [0, 0.1) is 0 Å². The number of hydrogen-bond acceptors (Lipinski definition) is 10. The number of carboxylic acid groups (broad SMARTS) is 1. The molecule has 37 heavy (non-hydrogen) atoms. The number of amides is 1. The van der Waals surface area contributed by atoms with Crippen LogP contribution in [-0.4, -0.2) is 106 Å². The summed E-state index contributed by atoms with van der Waals surface area (Å²) in [6, 6.07) is -1.02. The Hall–Kier alpha value is -1.67. The smallest absolute Gasteiger partial charge is 0.303 e. The maximum Gasteiger partial charge on any atom is 0.303 e. The lowest BCUT2D eigenvalue weighted by atomic mass is 9.90. The highest BCUT2D eigenvalue weighted by Gasteiger charge is 2.33. The Kier molecular flexibility index (Phi) is 20.3. The number of nitrogens with one attached hydrogen (secondary N) is 3. The lowest BCUT2D eigenvalue weighted by Gasteiger charge is -2.31. The number of ketones is 1. The van der Waals surface area contributed by atoms with Crippen molar-refractivity contribution < 1.29 is 33.7 Å². The lowest BCUT2D eigenvalue weighted by molar-refractivity contribution is -0.137. The number of aliphatic carboxylic acids is 1. The minimum Gasteiger partial charge on any atom is -0.481 e. The molecule has 0 aromatic heterocycles. The van der Waals surface area contributed by atoms with Crippen LogP contribution in [0.4, 0.5) is 0 Å². The Morgan fingerprint density at radius 3 is 2.05 bits per heavy atom. The normalized spacial score (nSPS) is 13.5. The van der Waals surface area contributed by atoms with Crippen molar-refractivity contribution in [3.05, 3.63) is 0 Å². The third-order valence-electron chi connectivity index (χ3n) is 5.51. The van der Waals surface area contributed by atoms with Gasteiger partial charge in [-0.25, -0.2) is 0 Å². The van der Waals surface area contributed by atoms with Gasteiger partial charge in [0.05, 0.1) is 57.3 Å². The molecule has 0 saturated heterocycles. The second kappa shape index (κ2) is 21.3. The van der Waals surface area contributed by atoms with Crippen molar-refractivity contribution in [3.8, 4) is 0 Å².